The van der Waals surface area contributed by atoms with Crippen LogP contribution in [0.3, 0.4) is 0 Å². The van der Waals surface area contributed by atoms with Gasteiger partial charge < -0.3 is 10.3 Å². The Kier molecular flexibility index (Phi) is 5.21. The zero-order chi connectivity index (χ0) is 19.4. The molecule has 0 radical (unpaired) electrons. The van der Waals surface area contributed by atoms with E-state index in [1.165, 1.54) is 0 Å². The highest BCUT2D eigenvalue weighted by molar-refractivity contribution is 5.82. The number of carbonyl (C=O) groups excluding carboxylic acids is 1. The Morgan fingerprint density at radius 2 is 2.00 bits per heavy atom. The Balaban J connectivity index is 1.33. The van der Waals surface area contributed by atoms with Crippen LogP contribution in [-0.2, 0) is 17.9 Å². The van der Waals surface area contributed by atoms with Gasteiger partial charge >= 0.3 is 0 Å². The Morgan fingerprint density at radius 1 is 1.18 bits per heavy atom. The highest BCUT2D eigenvalue weighted by Gasteiger charge is 2.40. The molecule has 1 unspecified atom stereocenters. The minimum atomic E-state index is -0.378. The van der Waals surface area contributed by atoms with Crippen molar-refractivity contribution in [1.82, 2.24) is 25.2 Å². The van der Waals surface area contributed by atoms with Crippen molar-refractivity contribution in [2.75, 3.05) is 13.1 Å². The van der Waals surface area contributed by atoms with Gasteiger partial charge in [0.25, 0.3) is 0 Å². The molecule has 1 aliphatic rings. The third-order valence-electron chi connectivity index (χ3n) is 5.33. The van der Waals surface area contributed by atoms with E-state index < -0.39 is 0 Å². The van der Waals surface area contributed by atoms with Crippen molar-refractivity contribution >= 4 is 5.91 Å². The number of hydrogen-bond donors (Lipinski definition) is 2. The fourth-order valence-corrected chi connectivity index (χ4v) is 3.69. The summed E-state index contributed by atoms with van der Waals surface area (Å²) in [6, 6.07) is 15.8. The quantitative estimate of drug-likeness (QED) is 0.695. The Hall–Kier alpha value is -2.99. The molecule has 2 N–H and O–H groups in total. The molecule has 1 aromatic carbocycles. The molecular weight excluding hydrogens is 350 g/mol. The van der Waals surface area contributed by atoms with Crippen LogP contribution in [0.2, 0.25) is 0 Å². The van der Waals surface area contributed by atoms with Crippen molar-refractivity contribution < 1.29 is 4.79 Å². The van der Waals surface area contributed by atoms with E-state index in [2.05, 4.69) is 25.2 Å². The molecule has 0 aliphatic carbocycles. The maximum Gasteiger partial charge on any atom is 0.227 e. The smallest absolute Gasteiger partial charge is 0.227 e. The maximum absolute atomic E-state index is 12.7. The number of aromatic nitrogens is 3. The molecule has 0 bridgehead atoms. The summed E-state index contributed by atoms with van der Waals surface area (Å²) in [4.78, 5) is 27.2. The zero-order valence-corrected chi connectivity index (χ0v) is 16.1. The topological polar surface area (TPSA) is 73.9 Å². The van der Waals surface area contributed by atoms with Gasteiger partial charge in [-0.05, 0) is 32.0 Å². The average molecular weight is 375 g/mol. The van der Waals surface area contributed by atoms with Gasteiger partial charge in [0.05, 0.1) is 17.7 Å². The van der Waals surface area contributed by atoms with Gasteiger partial charge in [0, 0.05) is 36.7 Å². The second-order valence-electron chi connectivity index (χ2n) is 7.65. The van der Waals surface area contributed by atoms with Gasteiger partial charge in [0.2, 0.25) is 5.91 Å². The fraction of sp³-hybridized carbons (Fsp3) is 0.318. The number of hydrogen-bond acceptors (Lipinski definition) is 4. The highest BCUT2D eigenvalue weighted by atomic mass is 16.2. The van der Waals surface area contributed by atoms with Gasteiger partial charge in [0.1, 0.15) is 5.82 Å². The molecule has 1 atom stereocenters. The van der Waals surface area contributed by atoms with Gasteiger partial charge in [-0.15, -0.1) is 0 Å². The van der Waals surface area contributed by atoms with Crippen molar-refractivity contribution in [3.8, 4) is 11.4 Å². The first kappa shape index (κ1) is 18.4. The largest absolute Gasteiger partial charge is 0.350 e. The first-order valence-electron chi connectivity index (χ1n) is 9.62. The predicted molar refractivity (Wildman–Crippen MR) is 108 cm³/mol. The van der Waals surface area contributed by atoms with Crippen LogP contribution in [-0.4, -0.2) is 38.8 Å². The van der Waals surface area contributed by atoms with Gasteiger partial charge in [-0.2, -0.15) is 0 Å². The number of benzene rings is 1. The molecular formula is C22H25N5O. The molecule has 1 amide bonds. The average Bonchev–Trinajstić information content (AvgIpc) is 3.35. The predicted octanol–water partition coefficient (Wildman–Crippen LogP) is 3.00. The minimum Gasteiger partial charge on any atom is -0.350 e. The summed E-state index contributed by atoms with van der Waals surface area (Å²) in [7, 11) is 0. The number of rotatable bonds is 6. The first-order valence-corrected chi connectivity index (χ1v) is 9.62. The lowest BCUT2D eigenvalue weighted by atomic mass is 9.88. The molecule has 3 heterocycles. The van der Waals surface area contributed by atoms with Gasteiger partial charge in [-0.25, -0.2) is 4.98 Å². The summed E-state index contributed by atoms with van der Waals surface area (Å²) >= 11 is 0. The van der Waals surface area contributed by atoms with E-state index in [-0.39, 0.29) is 11.3 Å². The molecule has 6 nitrogen and oxygen atoms in total. The third kappa shape index (κ3) is 4.12. The van der Waals surface area contributed by atoms with E-state index in [0.717, 1.165) is 48.8 Å². The van der Waals surface area contributed by atoms with E-state index in [0.29, 0.717) is 6.54 Å². The number of imidazole rings is 1. The number of H-pyrrole nitrogens is 1. The van der Waals surface area contributed by atoms with E-state index in [4.69, 9.17) is 0 Å². The lowest BCUT2D eigenvalue weighted by Crippen LogP contribution is -2.40. The Morgan fingerprint density at radius 3 is 2.79 bits per heavy atom. The molecule has 2 aromatic heterocycles. The summed E-state index contributed by atoms with van der Waals surface area (Å²) in [5.74, 6) is 0.973. The Bertz CT molecular complexity index is 924. The molecule has 28 heavy (non-hydrogen) atoms. The van der Waals surface area contributed by atoms with E-state index in [1.807, 2.05) is 61.7 Å². The summed E-state index contributed by atoms with van der Waals surface area (Å²) in [5, 5.41) is 3.04. The fourth-order valence-electron chi connectivity index (χ4n) is 3.69. The van der Waals surface area contributed by atoms with Crippen molar-refractivity contribution in [1.29, 1.82) is 0 Å². The van der Waals surface area contributed by atoms with Crippen molar-refractivity contribution in [3.63, 3.8) is 0 Å². The van der Waals surface area contributed by atoms with Crippen LogP contribution in [0.15, 0.2) is 60.9 Å². The van der Waals surface area contributed by atoms with Crippen LogP contribution in [0.5, 0.6) is 0 Å². The summed E-state index contributed by atoms with van der Waals surface area (Å²) in [5.41, 5.74) is 2.64. The number of nitrogens with one attached hydrogen (secondary N) is 2. The standard InChI is InChI=1S/C22H25N5O/c1-22(21(28)25-13-18-9-5-6-11-23-18)10-12-27(16-22)15-19-14-24-20(26-19)17-7-3-2-4-8-17/h2-9,11,14H,10,12-13,15-16H2,1H3,(H,24,26)(H,25,28). The van der Waals surface area contributed by atoms with Gasteiger partial charge in [0.15, 0.2) is 0 Å². The molecule has 0 saturated carbocycles. The monoisotopic (exact) mass is 375 g/mol. The normalized spacial score (nSPS) is 19.6. The summed E-state index contributed by atoms with van der Waals surface area (Å²) in [6.07, 6.45) is 4.48. The van der Waals surface area contributed by atoms with Gasteiger partial charge in [-0.3, -0.25) is 14.7 Å². The molecule has 6 heteroatoms. The van der Waals surface area contributed by atoms with E-state index >= 15 is 0 Å². The Labute approximate surface area is 165 Å². The second kappa shape index (κ2) is 7.94. The SMILES string of the molecule is CC1(C(=O)NCc2ccccn2)CCN(Cc2cnc(-c3ccccc3)[nH]2)C1. The van der Waals surface area contributed by atoms with Crippen LogP contribution in [0, 0.1) is 5.41 Å². The molecule has 4 rings (SSSR count). The number of pyridine rings is 1. The number of carbonyl (C=O) groups is 1. The van der Waals surface area contributed by atoms with Crippen molar-refractivity contribution in [2.45, 2.75) is 26.4 Å². The summed E-state index contributed by atoms with van der Waals surface area (Å²) < 4.78 is 0. The minimum absolute atomic E-state index is 0.0928. The number of nitrogens with zero attached hydrogens (tertiary/aromatic N) is 3. The zero-order valence-electron chi connectivity index (χ0n) is 16.1. The van der Waals surface area contributed by atoms with Crippen LogP contribution < -0.4 is 5.32 Å². The number of amides is 1. The van der Waals surface area contributed by atoms with E-state index in [1.54, 1.807) is 6.20 Å². The molecule has 144 valence electrons. The molecule has 3 aromatic rings. The van der Waals surface area contributed by atoms with Crippen LogP contribution >= 0.6 is 0 Å². The maximum atomic E-state index is 12.7. The third-order valence-corrected chi connectivity index (χ3v) is 5.33. The highest BCUT2D eigenvalue weighted by Crippen LogP contribution is 2.31. The molecule has 0 spiro atoms. The molecule has 1 saturated heterocycles. The van der Waals surface area contributed by atoms with Crippen molar-refractivity contribution in [3.05, 3.63) is 72.3 Å². The van der Waals surface area contributed by atoms with Crippen molar-refractivity contribution in [2.24, 2.45) is 5.41 Å². The van der Waals surface area contributed by atoms with Crippen LogP contribution in [0.4, 0.5) is 0 Å². The van der Waals surface area contributed by atoms with Crippen LogP contribution in [0.1, 0.15) is 24.7 Å². The first-order chi connectivity index (χ1) is 13.6. The van der Waals surface area contributed by atoms with Gasteiger partial charge in [-0.1, -0.05) is 36.4 Å². The molecule has 1 aliphatic heterocycles. The lowest BCUT2D eigenvalue weighted by Gasteiger charge is -2.23. The van der Waals surface area contributed by atoms with Crippen LogP contribution in [0.25, 0.3) is 11.4 Å². The summed E-state index contributed by atoms with van der Waals surface area (Å²) in [6.45, 7) is 4.91. The second-order valence-corrected chi connectivity index (χ2v) is 7.65. The number of likely N-dealkylation sites (tertiary alicyclic amines) is 1. The molecule has 1 fully saturated rings. The number of aromatic amines is 1. The lowest BCUT2D eigenvalue weighted by molar-refractivity contribution is -0.129. The van der Waals surface area contributed by atoms with E-state index in [9.17, 15) is 4.79 Å².